The molecular weight excluding hydrogens is 287 g/mol. The van der Waals surface area contributed by atoms with Gasteiger partial charge in [0.2, 0.25) is 0 Å². The summed E-state index contributed by atoms with van der Waals surface area (Å²) >= 11 is 4.09. The highest BCUT2D eigenvalue weighted by atomic mass is 32.1. The maximum atomic E-state index is 12.4. The zero-order valence-electron chi connectivity index (χ0n) is 10.8. The van der Waals surface area contributed by atoms with E-state index in [1.165, 1.54) is 0 Å². The molecule has 0 aromatic rings. The average molecular weight is 308 g/mol. The molecule has 0 spiro atoms. The van der Waals surface area contributed by atoms with Crippen LogP contribution in [0.2, 0.25) is 0 Å². The molecule has 0 heterocycles. The minimum atomic E-state index is -5.53. The lowest BCUT2D eigenvalue weighted by atomic mass is 10.1. The predicted octanol–water partition coefficient (Wildman–Crippen LogP) is 4.86. The van der Waals surface area contributed by atoms with Gasteiger partial charge in [0, 0.05) is 6.61 Å². The van der Waals surface area contributed by atoms with Crippen molar-refractivity contribution in [3.63, 3.8) is 0 Å². The molecule has 116 valence electrons. The van der Waals surface area contributed by atoms with E-state index in [0.29, 0.717) is 6.42 Å². The van der Waals surface area contributed by atoms with Gasteiger partial charge in [-0.1, -0.05) is 32.1 Å². The van der Waals surface area contributed by atoms with E-state index in [1.54, 1.807) is 0 Å². The fourth-order valence-electron chi connectivity index (χ4n) is 1.48. The molecule has 1 nitrogen and oxygen atoms in total. The van der Waals surface area contributed by atoms with E-state index in [0.717, 1.165) is 44.3 Å². The Morgan fingerprint density at radius 2 is 1.21 bits per heavy atom. The number of rotatable bonds is 11. The number of hydrogen-bond donors (Lipinski definition) is 1. The molecule has 0 aliphatic heterocycles. The summed E-state index contributed by atoms with van der Waals surface area (Å²) in [6.07, 6.45) is 1.08. The molecule has 0 saturated carbocycles. The minimum absolute atomic E-state index is 0.0533. The summed E-state index contributed by atoms with van der Waals surface area (Å²) in [5.74, 6) is -3.87. The van der Waals surface area contributed by atoms with Crippen molar-refractivity contribution >= 4 is 12.6 Å². The Labute approximate surface area is 116 Å². The number of hydrogen-bond acceptors (Lipinski definition) is 2. The lowest BCUT2D eigenvalue weighted by Crippen LogP contribution is -2.40. The Morgan fingerprint density at radius 1 is 0.737 bits per heavy atom. The van der Waals surface area contributed by atoms with Gasteiger partial charge in [0.25, 0.3) is 0 Å². The molecule has 19 heavy (non-hydrogen) atoms. The van der Waals surface area contributed by atoms with E-state index >= 15 is 0 Å². The molecule has 0 aromatic carbocycles. The molecule has 0 unspecified atom stereocenters. The van der Waals surface area contributed by atoms with Gasteiger partial charge in [0.15, 0.2) is 0 Å². The highest BCUT2D eigenvalue weighted by molar-refractivity contribution is 7.80. The SMILES string of the molecule is FC(F)(F)C(F)(F)COCCCCCCCCCS. The molecule has 0 radical (unpaired) electrons. The predicted molar refractivity (Wildman–Crippen MR) is 68.0 cm³/mol. The molecule has 0 aliphatic carbocycles. The van der Waals surface area contributed by atoms with E-state index < -0.39 is 18.7 Å². The summed E-state index contributed by atoms with van der Waals surface area (Å²) in [6.45, 7) is -1.64. The maximum Gasteiger partial charge on any atom is 0.455 e. The molecule has 7 heteroatoms. The number of halogens is 5. The van der Waals surface area contributed by atoms with Crippen molar-refractivity contribution in [2.75, 3.05) is 19.0 Å². The van der Waals surface area contributed by atoms with Crippen molar-refractivity contribution in [2.45, 2.75) is 57.0 Å². The summed E-state index contributed by atoms with van der Waals surface area (Å²) in [5, 5.41) is 0. The van der Waals surface area contributed by atoms with Crippen molar-refractivity contribution in [3.8, 4) is 0 Å². The molecule has 0 aliphatic rings. The Morgan fingerprint density at radius 3 is 1.68 bits per heavy atom. The number of unbranched alkanes of at least 4 members (excludes halogenated alkanes) is 6. The third-order valence-corrected chi connectivity index (χ3v) is 2.96. The Bertz CT molecular complexity index is 221. The van der Waals surface area contributed by atoms with E-state index in [-0.39, 0.29) is 6.61 Å². The smallest absolute Gasteiger partial charge is 0.375 e. The van der Waals surface area contributed by atoms with E-state index in [4.69, 9.17) is 0 Å². The quantitative estimate of drug-likeness (QED) is 0.326. The topological polar surface area (TPSA) is 9.23 Å². The molecular formula is C12H21F5OS. The lowest BCUT2D eigenvalue weighted by Gasteiger charge is -2.19. The fraction of sp³-hybridized carbons (Fsp3) is 1.00. The van der Waals surface area contributed by atoms with E-state index in [2.05, 4.69) is 17.4 Å². The summed E-state index contributed by atoms with van der Waals surface area (Å²) in [6, 6.07) is 0. The second-order valence-corrected chi connectivity index (χ2v) is 4.90. The molecule has 0 aromatic heterocycles. The minimum Gasteiger partial charge on any atom is -0.375 e. The van der Waals surface area contributed by atoms with Gasteiger partial charge in [-0.3, -0.25) is 0 Å². The van der Waals surface area contributed by atoms with Crippen molar-refractivity contribution in [1.29, 1.82) is 0 Å². The number of thiol groups is 1. The first kappa shape index (κ1) is 19.0. The number of ether oxygens (including phenoxy) is 1. The van der Waals surface area contributed by atoms with Crippen molar-refractivity contribution in [1.82, 2.24) is 0 Å². The van der Waals surface area contributed by atoms with Gasteiger partial charge in [-0.2, -0.15) is 34.6 Å². The van der Waals surface area contributed by atoms with Gasteiger partial charge in [-0.15, -0.1) is 0 Å². The van der Waals surface area contributed by atoms with E-state index in [1.807, 2.05) is 0 Å². The van der Waals surface area contributed by atoms with Crippen LogP contribution in [-0.2, 0) is 4.74 Å². The first-order valence-corrected chi connectivity index (χ1v) is 7.07. The van der Waals surface area contributed by atoms with Crippen LogP contribution >= 0.6 is 12.6 Å². The van der Waals surface area contributed by atoms with Crippen LogP contribution in [0.3, 0.4) is 0 Å². The third-order valence-electron chi connectivity index (χ3n) is 2.64. The fourth-order valence-corrected chi connectivity index (χ4v) is 1.71. The van der Waals surface area contributed by atoms with Gasteiger partial charge in [0.1, 0.15) is 6.61 Å². The van der Waals surface area contributed by atoms with Gasteiger partial charge in [-0.25, -0.2) is 0 Å². The normalized spacial score (nSPS) is 12.9. The van der Waals surface area contributed by atoms with Crippen LogP contribution in [0, 0.1) is 0 Å². The highest BCUT2D eigenvalue weighted by Gasteiger charge is 2.57. The third kappa shape index (κ3) is 9.49. The van der Waals surface area contributed by atoms with Crippen molar-refractivity contribution in [2.24, 2.45) is 0 Å². The Hall–Kier alpha value is -0.0400. The second-order valence-electron chi connectivity index (χ2n) is 4.45. The van der Waals surface area contributed by atoms with Crippen molar-refractivity contribution in [3.05, 3.63) is 0 Å². The summed E-state index contributed by atoms with van der Waals surface area (Å²) in [7, 11) is 0. The van der Waals surface area contributed by atoms with Crippen LogP contribution in [-0.4, -0.2) is 31.1 Å². The zero-order chi connectivity index (χ0) is 14.8. The maximum absolute atomic E-state index is 12.4. The van der Waals surface area contributed by atoms with Crippen LogP contribution in [0.15, 0.2) is 0 Å². The Balaban J connectivity index is 3.37. The molecule has 0 atom stereocenters. The highest BCUT2D eigenvalue weighted by Crippen LogP contribution is 2.35. The van der Waals surface area contributed by atoms with Crippen LogP contribution in [0.25, 0.3) is 0 Å². The average Bonchev–Trinajstić information content (AvgIpc) is 2.30. The first-order chi connectivity index (χ1) is 8.81. The summed E-state index contributed by atoms with van der Waals surface area (Å²) < 4.78 is 64.6. The molecule has 0 saturated heterocycles. The van der Waals surface area contributed by atoms with E-state index in [9.17, 15) is 22.0 Å². The standard InChI is InChI=1S/C12H21F5OS/c13-11(14,12(15,16)17)10-18-8-6-4-2-1-3-5-7-9-19/h19H,1-10H2. The molecule has 0 rings (SSSR count). The lowest BCUT2D eigenvalue weighted by molar-refractivity contribution is -0.296. The second kappa shape index (κ2) is 9.80. The molecule has 0 bridgehead atoms. The van der Waals surface area contributed by atoms with Crippen LogP contribution in [0.1, 0.15) is 44.9 Å². The van der Waals surface area contributed by atoms with Gasteiger partial charge in [0.05, 0.1) is 0 Å². The summed E-state index contributed by atoms with van der Waals surface area (Å²) in [4.78, 5) is 0. The van der Waals surface area contributed by atoms with Crippen LogP contribution < -0.4 is 0 Å². The van der Waals surface area contributed by atoms with Crippen LogP contribution in [0.5, 0.6) is 0 Å². The molecule has 0 N–H and O–H groups in total. The monoisotopic (exact) mass is 308 g/mol. The Kier molecular flexibility index (Phi) is 9.78. The van der Waals surface area contributed by atoms with Gasteiger partial charge < -0.3 is 4.74 Å². The molecule has 0 fully saturated rings. The van der Waals surface area contributed by atoms with Crippen LogP contribution in [0.4, 0.5) is 22.0 Å². The van der Waals surface area contributed by atoms with Gasteiger partial charge in [-0.05, 0) is 18.6 Å². The number of alkyl halides is 5. The largest absolute Gasteiger partial charge is 0.455 e. The summed E-state index contributed by atoms with van der Waals surface area (Å²) in [5.41, 5.74) is 0. The molecule has 0 amide bonds. The van der Waals surface area contributed by atoms with Crippen molar-refractivity contribution < 1.29 is 26.7 Å². The van der Waals surface area contributed by atoms with Gasteiger partial charge >= 0.3 is 12.1 Å². The first-order valence-electron chi connectivity index (χ1n) is 6.44. The zero-order valence-corrected chi connectivity index (χ0v) is 11.7.